The lowest BCUT2D eigenvalue weighted by atomic mass is 9.86. The Labute approximate surface area is 227 Å². The van der Waals surface area contributed by atoms with Gasteiger partial charge in [-0.25, -0.2) is 9.78 Å². The molecule has 2 unspecified atom stereocenters. The summed E-state index contributed by atoms with van der Waals surface area (Å²) in [6, 6.07) is 10.8. The summed E-state index contributed by atoms with van der Waals surface area (Å²) in [6.07, 6.45) is 2.19. The van der Waals surface area contributed by atoms with Crippen molar-refractivity contribution in [3.63, 3.8) is 0 Å². The number of methoxy groups -OCH3 is 1. The molecule has 9 nitrogen and oxygen atoms in total. The fourth-order valence-corrected chi connectivity index (χ4v) is 4.82. The predicted molar refractivity (Wildman–Crippen MR) is 146 cm³/mol. The number of ether oxygens (including phenoxy) is 2. The third-order valence-electron chi connectivity index (χ3n) is 6.21. The van der Waals surface area contributed by atoms with Crippen LogP contribution in [0.2, 0.25) is 5.02 Å². The minimum Gasteiger partial charge on any atom is -0.489 e. The van der Waals surface area contributed by atoms with Crippen LogP contribution in [0, 0.1) is 0 Å². The Bertz CT molecular complexity index is 1270. The number of aliphatic hydroxyl groups excluding tert-OH is 1. The SMILES string of the molecule is COC(=O)NC(C)c1nc(-c2ccc(CC(CCO)c3c(C(N)=O)ccc(OC(C)C)c3Cl)cc2)cn1C. The zero-order valence-corrected chi connectivity index (χ0v) is 23.1. The molecule has 38 heavy (non-hydrogen) atoms. The number of primary amides is 1. The molecule has 0 aliphatic carbocycles. The Morgan fingerprint density at radius 1 is 1.16 bits per heavy atom. The number of nitrogens with one attached hydrogen (secondary N) is 1. The molecular formula is C28H35ClN4O5. The maximum atomic E-state index is 12.2. The van der Waals surface area contributed by atoms with Gasteiger partial charge in [0.1, 0.15) is 11.6 Å². The first kappa shape index (κ1) is 29.0. The maximum absolute atomic E-state index is 12.2. The molecule has 1 heterocycles. The fraction of sp³-hybridized carbons (Fsp3) is 0.393. The van der Waals surface area contributed by atoms with Gasteiger partial charge >= 0.3 is 6.09 Å². The summed E-state index contributed by atoms with van der Waals surface area (Å²) in [7, 11) is 3.18. The quantitative estimate of drug-likeness (QED) is 0.320. The number of hydrogen-bond donors (Lipinski definition) is 3. The Balaban J connectivity index is 1.89. The highest BCUT2D eigenvalue weighted by Crippen LogP contribution is 2.39. The van der Waals surface area contributed by atoms with Gasteiger partial charge in [-0.3, -0.25) is 4.79 Å². The number of nitrogens with two attached hydrogens (primary N) is 1. The van der Waals surface area contributed by atoms with E-state index in [9.17, 15) is 14.7 Å². The summed E-state index contributed by atoms with van der Waals surface area (Å²) in [4.78, 5) is 28.5. The van der Waals surface area contributed by atoms with Crippen LogP contribution < -0.4 is 15.8 Å². The molecule has 0 bridgehead atoms. The zero-order chi connectivity index (χ0) is 28.0. The van der Waals surface area contributed by atoms with E-state index in [1.165, 1.54) is 7.11 Å². The highest BCUT2D eigenvalue weighted by molar-refractivity contribution is 6.33. The highest BCUT2D eigenvalue weighted by atomic mass is 35.5. The number of halogens is 1. The molecule has 0 aliphatic rings. The highest BCUT2D eigenvalue weighted by Gasteiger charge is 2.25. The van der Waals surface area contributed by atoms with Crippen molar-refractivity contribution in [1.82, 2.24) is 14.9 Å². The number of carbonyl (C=O) groups is 2. The van der Waals surface area contributed by atoms with Crippen LogP contribution in [0.3, 0.4) is 0 Å². The van der Waals surface area contributed by atoms with Crippen LogP contribution in [0.1, 0.15) is 66.5 Å². The van der Waals surface area contributed by atoms with E-state index in [2.05, 4.69) is 15.0 Å². The number of aromatic nitrogens is 2. The molecule has 2 amide bonds. The molecule has 204 valence electrons. The van der Waals surface area contributed by atoms with Gasteiger partial charge in [-0.05, 0) is 62.8 Å². The number of aryl methyl sites for hydroxylation is 1. The van der Waals surface area contributed by atoms with Crippen molar-refractivity contribution in [3.8, 4) is 17.0 Å². The van der Waals surface area contributed by atoms with Crippen LogP contribution in [-0.2, 0) is 18.2 Å². The van der Waals surface area contributed by atoms with Crippen molar-refractivity contribution in [2.24, 2.45) is 12.8 Å². The third-order valence-corrected chi connectivity index (χ3v) is 6.60. The number of carbonyl (C=O) groups excluding carboxylic acids is 2. The van der Waals surface area contributed by atoms with E-state index in [0.717, 1.165) is 16.8 Å². The normalized spacial score (nSPS) is 12.7. The molecule has 0 saturated heterocycles. The first-order valence-electron chi connectivity index (χ1n) is 12.4. The smallest absolute Gasteiger partial charge is 0.407 e. The molecule has 0 spiro atoms. The average Bonchev–Trinajstić information content (AvgIpc) is 3.26. The lowest BCUT2D eigenvalue weighted by Gasteiger charge is -2.23. The van der Waals surface area contributed by atoms with Gasteiger partial charge in [0.25, 0.3) is 0 Å². The first-order valence-corrected chi connectivity index (χ1v) is 12.8. The van der Waals surface area contributed by atoms with Crippen LogP contribution in [-0.4, -0.2) is 46.5 Å². The van der Waals surface area contributed by atoms with Gasteiger partial charge < -0.3 is 30.2 Å². The van der Waals surface area contributed by atoms with E-state index in [4.69, 9.17) is 22.1 Å². The third kappa shape index (κ3) is 6.85. The molecule has 2 atom stereocenters. The Hall–Kier alpha value is -3.56. The largest absolute Gasteiger partial charge is 0.489 e. The van der Waals surface area contributed by atoms with Gasteiger partial charge in [0.15, 0.2) is 0 Å². The van der Waals surface area contributed by atoms with E-state index in [-0.39, 0.29) is 24.7 Å². The van der Waals surface area contributed by atoms with Crippen molar-refractivity contribution in [2.45, 2.75) is 51.7 Å². The van der Waals surface area contributed by atoms with E-state index < -0.39 is 12.0 Å². The minimum atomic E-state index is -0.585. The second-order valence-corrected chi connectivity index (χ2v) is 9.81. The van der Waals surface area contributed by atoms with Crippen molar-refractivity contribution >= 4 is 23.6 Å². The maximum Gasteiger partial charge on any atom is 0.407 e. The van der Waals surface area contributed by atoms with Crippen LogP contribution in [0.5, 0.6) is 5.75 Å². The zero-order valence-electron chi connectivity index (χ0n) is 22.3. The van der Waals surface area contributed by atoms with Gasteiger partial charge in [-0.1, -0.05) is 35.9 Å². The monoisotopic (exact) mass is 542 g/mol. The van der Waals surface area contributed by atoms with Crippen molar-refractivity contribution in [2.75, 3.05) is 13.7 Å². The van der Waals surface area contributed by atoms with Crippen molar-refractivity contribution < 1.29 is 24.2 Å². The predicted octanol–water partition coefficient (Wildman–Crippen LogP) is 4.75. The molecule has 3 rings (SSSR count). The fourth-order valence-electron chi connectivity index (χ4n) is 4.45. The number of rotatable bonds is 11. The molecule has 0 fully saturated rings. The standard InChI is InChI=1S/C28H35ClN4O5/c1-16(2)38-23-11-10-21(26(30)35)24(25(23)29)20(12-13-34)14-18-6-8-19(9-7-18)22-15-33(4)27(32-22)17(3)31-28(36)37-5/h6-11,15-17,20,34H,12-14H2,1-5H3,(H2,30,35)(H,31,36). The summed E-state index contributed by atoms with van der Waals surface area (Å²) in [5, 5.41) is 12.9. The first-order chi connectivity index (χ1) is 18.0. The lowest BCUT2D eigenvalue weighted by molar-refractivity contribution is 0.0998. The molecular weight excluding hydrogens is 508 g/mol. The molecule has 4 N–H and O–H groups in total. The van der Waals surface area contributed by atoms with E-state index >= 15 is 0 Å². The van der Waals surface area contributed by atoms with Crippen LogP contribution in [0.4, 0.5) is 4.79 Å². The van der Waals surface area contributed by atoms with Gasteiger partial charge in [-0.15, -0.1) is 0 Å². The summed E-state index contributed by atoms with van der Waals surface area (Å²) >= 11 is 6.73. The van der Waals surface area contributed by atoms with Crippen LogP contribution in [0.25, 0.3) is 11.3 Å². The number of nitrogens with zero attached hydrogens (tertiary/aromatic N) is 2. The summed E-state index contributed by atoms with van der Waals surface area (Å²) < 4.78 is 12.4. The summed E-state index contributed by atoms with van der Waals surface area (Å²) in [5.74, 6) is 0.317. The number of benzene rings is 2. The minimum absolute atomic E-state index is 0.0823. The molecule has 2 aromatic carbocycles. The number of hydrogen-bond acceptors (Lipinski definition) is 6. The van der Waals surface area contributed by atoms with E-state index in [1.807, 2.05) is 62.8 Å². The van der Waals surface area contributed by atoms with Gasteiger partial charge in [0.05, 0.1) is 30.0 Å². The second kappa shape index (κ2) is 12.8. The Kier molecular flexibility index (Phi) is 9.77. The summed E-state index contributed by atoms with van der Waals surface area (Å²) in [6.45, 7) is 5.54. The van der Waals surface area contributed by atoms with Crippen LogP contribution >= 0.6 is 11.6 Å². The molecule has 3 aromatic rings. The second-order valence-electron chi connectivity index (χ2n) is 9.43. The lowest BCUT2D eigenvalue weighted by Crippen LogP contribution is -2.28. The van der Waals surface area contributed by atoms with E-state index in [0.29, 0.717) is 40.6 Å². The number of aliphatic hydroxyl groups is 1. The molecule has 10 heteroatoms. The Morgan fingerprint density at radius 2 is 1.84 bits per heavy atom. The average molecular weight is 543 g/mol. The number of alkyl carbamates (subject to hydrolysis) is 1. The van der Waals surface area contributed by atoms with Crippen molar-refractivity contribution in [1.29, 1.82) is 0 Å². The molecule has 0 aliphatic heterocycles. The van der Waals surface area contributed by atoms with Gasteiger partial charge in [0, 0.05) is 31.0 Å². The van der Waals surface area contributed by atoms with Gasteiger partial charge in [0.2, 0.25) is 5.91 Å². The molecule has 0 radical (unpaired) electrons. The molecule has 1 aromatic heterocycles. The summed E-state index contributed by atoms with van der Waals surface area (Å²) in [5.41, 5.74) is 9.23. The Morgan fingerprint density at radius 3 is 2.42 bits per heavy atom. The van der Waals surface area contributed by atoms with E-state index in [1.54, 1.807) is 12.1 Å². The van der Waals surface area contributed by atoms with Crippen molar-refractivity contribution in [3.05, 3.63) is 70.1 Å². The topological polar surface area (TPSA) is 129 Å². The number of amides is 2. The van der Waals surface area contributed by atoms with Crippen LogP contribution in [0.15, 0.2) is 42.6 Å². The number of imidazole rings is 1. The van der Waals surface area contributed by atoms with Gasteiger partial charge in [-0.2, -0.15) is 0 Å². The molecule has 0 saturated carbocycles.